The van der Waals surface area contributed by atoms with Gasteiger partial charge in [0.05, 0.1) is 17.2 Å². The van der Waals surface area contributed by atoms with Gasteiger partial charge in [-0.3, -0.25) is 4.79 Å². The molecule has 1 heterocycles. The summed E-state index contributed by atoms with van der Waals surface area (Å²) < 4.78 is 30.7. The van der Waals surface area contributed by atoms with E-state index in [0.717, 1.165) is 21.2 Å². The van der Waals surface area contributed by atoms with Crippen LogP contribution in [0.5, 0.6) is 5.75 Å². The molecule has 1 aromatic heterocycles. The molecule has 1 amide bonds. The predicted octanol–water partition coefficient (Wildman–Crippen LogP) is 4.55. The number of ether oxygens (including phenoxy) is 1. The molecule has 2 aromatic rings. The Hall–Kier alpha value is -2.28. The maximum atomic E-state index is 12.5. The molecular weight excluding hydrogens is 358 g/mol. The number of aryl methyl sites for hydroxylation is 1. The first-order valence-electron chi connectivity index (χ1n) is 8.37. The van der Waals surface area contributed by atoms with E-state index in [0.29, 0.717) is 25.3 Å². The molecule has 0 N–H and O–H groups in total. The Kier molecular flexibility index (Phi) is 7.72. The van der Waals surface area contributed by atoms with Gasteiger partial charge in [-0.2, -0.15) is 0 Å². The highest BCUT2D eigenvalue weighted by molar-refractivity contribution is 7.09. The van der Waals surface area contributed by atoms with E-state index in [1.807, 2.05) is 31.4 Å². The van der Waals surface area contributed by atoms with Crippen LogP contribution in [0.3, 0.4) is 0 Å². The van der Waals surface area contributed by atoms with E-state index in [2.05, 4.69) is 4.98 Å². The summed E-state index contributed by atoms with van der Waals surface area (Å²) in [6.07, 6.45) is 1.05. The number of halogens is 2. The summed E-state index contributed by atoms with van der Waals surface area (Å²) in [5.74, 6) is 0.288. The van der Waals surface area contributed by atoms with E-state index >= 15 is 0 Å². The molecule has 1 aromatic carbocycles. The highest BCUT2D eigenvalue weighted by Gasteiger charge is 2.14. The summed E-state index contributed by atoms with van der Waals surface area (Å²) in [5.41, 5.74) is 1.68. The van der Waals surface area contributed by atoms with Crippen molar-refractivity contribution in [2.45, 2.75) is 33.3 Å². The lowest BCUT2D eigenvalue weighted by Crippen LogP contribution is -2.34. The maximum absolute atomic E-state index is 12.5. The molecule has 0 saturated heterocycles. The second-order valence-electron chi connectivity index (χ2n) is 5.72. The molecule has 0 aliphatic heterocycles. The molecule has 0 saturated carbocycles. The van der Waals surface area contributed by atoms with E-state index in [9.17, 15) is 13.6 Å². The number of hydrogen-bond acceptors (Lipinski definition) is 4. The summed E-state index contributed by atoms with van der Waals surface area (Å²) in [5, 5.41) is 2.96. The lowest BCUT2D eigenvalue weighted by molar-refractivity contribution is -0.127. The van der Waals surface area contributed by atoms with Gasteiger partial charge in [0.2, 0.25) is 5.91 Å². The lowest BCUT2D eigenvalue weighted by Gasteiger charge is -2.19. The minimum atomic E-state index is -2.53. The quantitative estimate of drug-likeness (QED) is 0.600. The van der Waals surface area contributed by atoms with Crippen LogP contribution in [0.2, 0.25) is 0 Å². The van der Waals surface area contributed by atoms with Gasteiger partial charge in [-0.15, -0.1) is 11.3 Å². The van der Waals surface area contributed by atoms with E-state index in [1.54, 1.807) is 29.5 Å². The molecule has 2 rings (SSSR count). The third kappa shape index (κ3) is 6.55. The molecule has 0 bridgehead atoms. The van der Waals surface area contributed by atoms with Gasteiger partial charge in [0.15, 0.2) is 0 Å². The first-order valence-corrected chi connectivity index (χ1v) is 9.25. The molecule has 140 valence electrons. The van der Waals surface area contributed by atoms with Gasteiger partial charge < -0.3 is 9.64 Å². The number of rotatable bonds is 9. The Morgan fingerprint density at radius 1 is 1.35 bits per heavy atom. The molecule has 0 spiro atoms. The Bertz CT molecular complexity index is 729. The van der Waals surface area contributed by atoms with Crippen LogP contribution in [0.1, 0.15) is 29.6 Å². The van der Waals surface area contributed by atoms with Crippen LogP contribution < -0.4 is 4.74 Å². The summed E-state index contributed by atoms with van der Waals surface area (Å²) in [6, 6.07) is 7.21. The zero-order valence-corrected chi connectivity index (χ0v) is 15.6. The van der Waals surface area contributed by atoms with Gasteiger partial charge in [0.25, 0.3) is 6.43 Å². The molecule has 7 heteroatoms. The number of hydrogen-bond donors (Lipinski definition) is 0. The highest BCUT2D eigenvalue weighted by atomic mass is 32.1. The number of carbonyl (C=O) groups is 1. The maximum Gasteiger partial charge on any atom is 0.255 e. The molecule has 0 aliphatic rings. The monoisotopic (exact) mass is 380 g/mol. The van der Waals surface area contributed by atoms with E-state index in [-0.39, 0.29) is 0 Å². The van der Waals surface area contributed by atoms with E-state index in [1.165, 1.54) is 6.08 Å². The van der Waals surface area contributed by atoms with Gasteiger partial charge in [-0.25, -0.2) is 13.8 Å². The van der Waals surface area contributed by atoms with Crippen LogP contribution in [-0.2, 0) is 11.4 Å². The Morgan fingerprint density at radius 2 is 2.08 bits per heavy atom. The number of amides is 1. The molecule has 4 nitrogen and oxygen atoms in total. The van der Waals surface area contributed by atoms with Crippen LogP contribution in [-0.4, -0.2) is 35.3 Å². The highest BCUT2D eigenvalue weighted by Crippen LogP contribution is 2.16. The van der Waals surface area contributed by atoms with Gasteiger partial charge in [0.1, 0.15) is 12.4 Å². The van der Waals surface area contributed by atoms with Gasteiger partial charge in [-0.1, -0.05) is 19.1 Å². The van der Waals surface area contributed by atoms with Gasteiger partial charge >= 0.3 is 0 Å². The fraction of sp³-hybridized carbons (Fsp3) is 0.368. The average molecular weight is 380 g/mol. The Morgan fingerprint density at radius 3 is 2.65 bits per heavy atom. The number of benzene rings is 1. The number of aromatic nitrogens is 1. The van der Waals surface area contributed by atoms with Crippen molar-refractivity contribution in [3.8, 4) is 5.75 Å². The summed E-state index contributed by atoms with van der Waals surface area (Å²) in [4.78, 5) is 17.5. The van der Waals surface area contributed by atoms with Crippen LogP contribution in [0.4, 0.5) is 8.78 Å². The number of alkyl halides is 2. The number of nitrogens with zero attached hydrogens (tertiary/aromatic N) is 2. The SMILES string of the molecule is CCCN(CC(F)F)C(=O)/C=C/c1ccc(OCc2csc(C)n2)cc1. The molecule has 0 unspecified atom stereocenters. The normalized spacial score (nSPS) is 11.3. The fourth-order valence-corrected chi connectivity index (χ4v) is 2.91. The lowest BCUT2D eigenvalue weighted by atomic mass is 10.2. The van der Waals surface area contributed by atoms with Crippen LogP contribution in [0.15, 0.2) is 35.7 Å². The largest absolute Gasteiger partial charge is 0.487 e. The standard InChI is InChI=1S/C19H22F2N2O2S/c1-3-10-23(11-18(20)21)19(24)9-6-15-4-7-17(8-5-15)25-12-16-13-26-14(2)22-16/h4-9,13,18H,3,10-12H2,1-2H3/b9-6+. The average Bonchev–Trinajstić information content (AvgIpc) is 3.03. The predicted molar refractivity (Wildman–Crippen MR) is 99.5 cm³/mol. The summed E-state index contributed by atoms with van der Waals surface area (Å²) >= 11 is 1.58. The van der Waals surface area contributed by atoms with Crippen LogP contribution in [0.25, 0.3) is 6.08 Å². The van der Waals surface area contributed by atoms with Gasteiger partial charge in [0, 0.05) is 18.0 Å². The van der Waals surface area contributed by atoms with Gasteiger partial charge in [-0.05, 0) is 37.1 Å². The Labute approximate surface area is 156 Å². The number of thiazole rings is 1. The first kappa shape index (κ1) is 20.0. The van der Waals surface area contributed by atoms with Crippen molar-refractivity contribution in [3.05, 3.63) is 52.0 Å². The first-order chi connectivity index (χ1) is 12.5. The fourth-order valence-electron chi connectivity index (χ4n) is 2.31. The second kappa shape index (κ2) is 10.0. The summed E-state index contributed by atoms with van der Waals surface area (Å²) in [7, 11) is 0. The van der Waals surface area contributed by atoms with Crippen LogP contribution >= 0.6 is 11.3 Å². The minimum absolute atomic E-state index is 0.316. The second-order valence-corrected chi connectivity index (χ2v) is 6.79. The number of carbonyl (C=O) groups excluding carboxylic acids is 1. The van der Waals surface area contributed by atoms with Crippen LogP contribution in [0, 0.1) is 6.92 Å². The zero-order valence-electron chi connectivity index (χ0n) is 14.8. The molecule has 0 atom stereocenters. The minimum Gasteiger partial charge on any atom is -0.487 e. The molecule has 0 aliphatic carbocycles. The summed E-state index contributed by atoms with van der Waals surface area (Å²) in [6.45, 7) is 3.97. The van der Waals surface area contributed by atoms with E-state index < -0.39 is 18.9 Å². The zero-order chi connectivity index (χ0) is 18.9. The van der Waals surface area contributed by atoms with Crippen molar-refractivity contribution in [2.75, 3.05) is 13.1 Å². The van der Waals surface area contributed by atoms with Crippen molar-refractivity contribution >= 4 is 23.3 Å². The van der Waals surface area contributed by atoms with Crippen molar-refractivity contribution in [3.63, 3.8) is 0 Å². The van der Waals surface area contributed by atoms with Crippen molar-refractivity contribution < 1.29 is 18.3 Å². The smallest absolute Gasteiger partial charge is 0.255 e. The van der Waals surface area contributed by atoms with Crippen molar-refractivity contribution in [1.82, 2.24) is 9.88 Å². The van der Waals surface area contributed by atoms with E-state index in [4.69, 9.17) is 4.74 Å². The van der Waals surface area contributed by atoms with Crippen molar-refractivity contribution in [2.24, 2.45) is 0 Å². The molecular formula is C19H22F2N2O2S. The molecule has 26 heavy (non-hydrogen) atoms. The topological polar surface area (TPSA) is 42.4 Å². The Balaban J connectivity index is 1.90. The third-order valence-corrected chi connectivity index (χ3v) is 4.34. The molecule has 0 fully saturated rings. The third-order valence-electron chi connectivity index (χ3n) is 3.52. The molecule has 0 radical (unpaired) electrons. The van der Waals surface area contributed by atoms with Crippen molar-refractivity contribution in [1.29, 1.82) is 0 Å².